The second-order valence-corrected chi connectivity index (χ2v) is 22.0. The topological polar surface area (TPSA) is 78.9 Å². The number of allylic oxidation sites excluding steroid dienone is 8. The molecule has 0 aliphatic rings. The highest BCUT2D eigenvalue weighted by atomic mass is 16.6. The van der Waals surface area contributed by atoms with E-state index in [1.54, 1.807) is 0 Å². The van der Waals surface area contributed by atoms with E-state index in [1.165, 1.54) is 225 Å². The monoisotopic (exact) mass is 1040 g/mol. The molecule has 0 aromatic heterocycles. The first-order valence-corrected chi connectivity index (χ1v) is 32.6. The lowest BCUT2D eigenvalue weighted by Gasteiger charge is -2.18. The summed E-state index contributed by atoms with van der Waals surface area (Å²) in [7, 11) is 0. The van der Waals surface area contributed by atoms with E-state index in [1.807, 2.05) is 0 Å². The first kappa shape index (κ1) is 71.4. The number of carbonyl (C=O) groups is 3. The van der Waals surface area contributed by atoms with Crippen LogP contribution < -0.4 is 0 Å². The predicted molar refractivity (Wildman–Crippen MR) is 321 cm³/mol. The Morgan fingerprint density at radius 1 is 0.270 bits per heavy atom. The lowest BCUT2D eigenvalue weighted by molar-refractivity contribution is -0.167. The summed E-state index contributed by atoms with van der Waals surface area (Å²) >= 11 is 0. The Morgan fingerprint density at radius 2 is 0.486 bits per heavy atom. The molecule has 0 amide bonds. The van der Waals surface area contributed by atoms with Crippen LogP contribution >= 0.6 is 0 Å². The number of hydrogen-bond acceptors (Lipinski definition) is 6. The molecule has 0 aliphatic carbocycles. The minimum Gasteiger partial charge on any atom is -0.462 e. The Balaban J connectivity index is 4.34. The first-order chi connectivity index (χ1) is 36.5. The molecule has 0 fully saturated rings. The van der Waals surface area contributed by atoms with E-state index >= 15 is 0 Å². The molecule has 6 nitrogen and oxygen atoms in total. The summed E-state index contributed by atoms with van der Waals surface area (Å²) in [4.78, 5) is 38.3. The van der Waals surface area contributed by atoms with E-state index < -0.39 is 6.10 Å². The fraction of sp³-hybridized carbons (Fsp3) is 0.838. The van der Waals surface area contributed by atoms with E-state index in [-0.39, 0.29) is 31.1 Å². The molecule has 1 unspecified atom stereocenters. The Morgan fingerprint density at radius 3 is 0.784 bits per heavy atom. The maximum Gasteiger partial charge on any atom is 0.306 e. The van der Waals surface area contributed by atoms with Crippen molar-refractivity contribution in [1.82, 2.24) is 0 Å². The highest BCUT2D eigenvalue weighted by Crippen LogP contribution is 2.17. The van der Waals surface area contributed by atoms with Crippen molar-refractivity contribution in [3.63, 3.8) is 0 Å². The van der Waals surface area contributed by atoms with Crippen molar-refractivity contribution < 1.29 is 28.6 Å². The van der Waals surface area contributed by atoms with Gasteiger partial charge in [-0.1, -0.05) is 294 Å². The van der Waals surface area contributed by atoms with Crippen LogP contribution in [0.1, 0.15) is 348 Å². The summed E-state index contributed by atoms with van der Waals surface area (Å²) in [5.74, 6) is -0.872. The lowest BCUT2D eigenvalue weighted by Crippen LogP contribution is -2.30. The predicted octanol–water partition coefficient (Wildman–Crippen LogP) is 22.2. The highest BCUT2D eigenvalue weighted by Gasteiger charge is 2.19. The summed E-state index contributed by atoms with van der Waals surface area (Å²) < 4.78 is 16.9. The molecule has 0 rings (SSSR count). The minimum atomic E-state index is -0.780. The Bertz CT molecular complexity index is 1280. The molecule has 0 aliphatic heterocycles. The van der Waals surface area contributed by atoms with E-state index in [0.29, 0.717) is 19.3 Å². The number of carbonyl (C=O) groups excluding carboxylic acids is 3. The Kier molecular flexibility index (Phi) is 60.7. The Hall–Kier alpha value is -2.63. The molecule has 74 heavy (non-hydrogen) atoms. The van der Waals surface area contributed by atoms with Crippen LogP contribution in [0.15, 0.2) is 48.6 Å². The third-order valence-corrected chi connectivity index (χ3v) is 14.6. The number of esters is 3. The van der Waals surface area contributed by atoms with Gasteiger partial charge in [-0.05, 0) is 83.5 Å². The van der Waals surface area contributed by atoms with Crippen molar-refractivity contribution in [2.45, 2.75) is 354 Å². The number of unbranched alkanes of at least 4 members (excludes halogenated alkanes) is 41. The minimum absolute atomic E-state index is 0.0757. The van der Waals surface area contributed by atoms with Crippen LogP contribution in [0.5, 0.6) is 0 Å². The molecule has 0 aromatic carbocycles. The van der Waals surface area contributed by atoms with Crippen LogP contribution in [0.2, 0.25) is 0 Å². The molecule has 0 saturated carbocycles. The lowest BCUT2D eigenvalue weighted by atomic mass is 10.0. The largest absolute Gasteiger partial charge is 0.462 e. The van der Waals surface area contributed by atoms with Crippen LogP contribution in [0.4, 0.5) is 0 Å². The van der Waals surface area contributed by atoms with E-state index in [9.17, 15) is 14.4 Å². The summed E-state index contributed by atoms with van der Waals surface area (Å²) in [5.41, 5.74) is 0. The second-order valence-electron chi connectivity index (χ2n) is 22.0. The van der Waals surface area contributed by atoms with E-state index in [2.05, 4.69) is 69.4 Å². The maximum absolute atomic E-state index is 12.9. The number of rotatable bonds is 60. The van der Waals surface area contributed by atoms with Gasteiger partial charge in [-0.3, -0.25) is 14.4 Å². The average molecular weight is 1040 g/mol. The maximum atomic E-state index is 12.9. The van der Waals surface area contributed by atoms with Crippen molar-refractivity contribution in [3.05, 3.63) is 48.6 Å². The zero-order valence-electron chi connectivity index (χ0n) is 49.6. The molecule has 0 radical (unpaired) electrons. The third kappa shape index (κ3) is 60.2. The van der Waals surface area contributed by atoms with Crippen molar-refractivity contribution in [3.8, 4) is 0 Å². The van der Waals surface area contributed by atoms with Gasteiger partial charge >= 0.3 is 17.9 Å². The molecular weight excluding hydrogens is 913 g/mol. The van der Waals surface area contributed by atoms with Gasteiger partial charge < -0.3 is 14.2 Å². The van der Waals surface area contributed by atoms with Gasteiger partial charge in [-0.2, -0.15) is 0 Å². The van der Waals surface area contributed by atoms with Crippen LogP contribution in [0.25, 0.3) is 0 Å². The summed E-state index contributed by atoms with van der Waals surface area (Å²) in [6, 6.07) is 0. The highest BCUT2D eigenvalue weighted by molar-refractivity contribution is 5.71. The van der Waals surface area contributed by atoms with Crippen molar-refractivity contribution in [2.24, 2.45) is 0 Å². The number of hydrogen-bond donors (Lipinski definition) is 0. The third-order valence-electron chi connectivity index (χ3n) is 14.6. The zero-order valence-corrected chi connectivity index (χ0v) is 49.6. The van der Waals surface area contributed by atoms with Crippen LogP contribution in [-0.2, 0) is 28.6 Å². The molecule has 432 valence electrons. The van der Waals surface area contributed by atoms with Crippen LogP contribution in [0.3, 0.4) is 0 Å². The molecule has 0 N–H and O–H groups in total. The molecule has 0 heterocycles. The summed E-state index contributed by atoms with van der Waals surface area (Å²) in [6.07, 6.45) is 78.3. The van der Waals surface area contributed by atoms with Crippen molar-refractivity contribution in [1.29, 1.82) is 0 Å². The standard InChI is InChI=1S/C68H124O6/c1-4-7-10-13-16-19-22-25-28-31-33-34-36-37-40-43-46-49-52-55-58-61-67(70)73-64-65(63-72-66(69)60-57-54-51-48-45-42-39-30-27-24-21-18-15-12-9-6-3)74-68(71)62-59-56-53-50-47-44-41-38-35-32-29-26-23-20-17-14-11-8-5-2/h17,20-21,24,26,29-30,39,65H,4-16,18-19,22-23,25,27-28,31-38,40-64H2,1-3H3/b20-17-,24-21-,29-26-,39-30-. The summed E-state index contributed by atoms with van der Waals surface area (Å²) in [5, 5.41) is 0. The Labute approximate surface area is 460 Å². The zero-order chi connectivity index (χ0) is 53.6. The average Bonchev–Trinajstić information content (AvgIpc) is 3.40. The quantitative estimate of drug-likeness (QED) is 0.0261. The van der Waals surface area contributed by atoms with Crippen molar-refractivity contribution in [2.75, 3.05) is 13.2 Å². The first-order valence-electron chi connectivity index (χ1n) is 32.6. The van der Waals surface area contributed by atoms with Gasteiger partial charge in [0.05, 0.1) is 0 Å². The van der Waals surface area contributed by atoms with E-state index in [0.717, 1.165) is 83.5 Å². The molecule has 0 bridgehead atoms. The SMILES string of the molecule is CCCCC/C=C\C/C=C\CCCCCCCCCCCC(=O)OC(COC(=O)CCCCCCC/C=C\C/C=C\CCCCCC)COC(=O)CCCCCCCCCCCCCCCCCCCCCCC. The van der Waals surface area contributed by atoms with Crippen molar-refractivity contribution >= 4 is 17.9 Å². The van der Waals surface area contributed by atoms with Gasteiger partial charge in [0.1, 0.15) is 13.2 Å². The van der Waals surface area contributed by atoms with Gasteiger partial charge in [0.25, 0.3) is 0 Å². The second kappa shape index (κ2) is 62.9. The van der Waals surface area contributed by atoms with Crippen LogP contribution in [0, 0.1) is 0 Å². The molecule has 1 atom stereocenters. The normalized spacial score (nSPS) is 12.3. The number of ether oxygens (including phenoxy) is 3. The van der Waals surface area contributed by atoms with Gasteiger partial charge in [0.2, 0.25) is 0 Å². The van der Waals surface area contributed by atoms with Gasteiger partial charge in [-0.25, -0.2) is 0 Å². The smallest absolute Gasteiger partial charge is 0.306 e. The molecule has 0 spiro atoms. The summed E-state index contributed by atoms with van der Waals surface area (Å²) in [6.45, 7) is 6.64. The molecular formula is C68H124O6. The fourth-order valence-corrected chi connectivity index (χ4v) is 9.62. The molecule has 0 saturated heterocycles. The molecule has 0 aromatic rings. The van der Waals surface area contributed by atoms with Gasteiger partial charge in [0, 0.05) is 19.3 Å². The molecule has 6 heteroatoms. The van der Waals surface area contributed by atoms with Crippen LogP contribution in [-0.4, -0.2) is 37.2 Å². The van der Waals surface area contributed by atoms with E-state index in [4.69, 9.17) is 14.2 Å². The van der Waals surface area contributed by atoms with Gasteiger partial charge in [0.15, 0.2) is 6.10 Å². The van der Waals surface area contributed by atoms with Gasteiger partial charge in [-0.15, -0.1) is 0 Å². The fourth-order valence-electron chi connectivity index (χ4n) is 9.62.